The van der Waals surface area contributed by atoms with Crippen LogP contribution in [-0.4, -0.2) is 17.4 Å². The zero-order valence-electron chi connectivity index (χ0n) is 37.6. The molecule has 0 radical (unpaired) electrons. The van der Waals surface area contributed by atoms with Crippen LogP contribution in [-0.2, 0) is 11.2 Å². The quantitative estimate of drug-likeness (QED) is 0.135. The number of hydrogen-bond donors (Lipinski definition) is 1. The third kappa shape index (κ3) is 12.3. The number of para-hydroxylation sites is 3. The smallest absolute Gasteiger partial charge is 0.228 e. The van der Waals surface area contributed by atoms with Gasteiger partial charge in [-0.2, -0.15) is 9.98 Å². The second kappa shape index (κ2) is 21.8. The highest BCUT2D eigenvalue weighted by molar-refractivity contribution is 5.94. The van der Waals surface area contributed by atoms with Gasteiger partial charge in [0.05, 0.1) is 17.8 Å². The normalized spacial score (nSPS) is 11.4. The van der Waals surface area contributed by atoms with Crippen LogP contribution >= 0.6 is 0 Å². The molecule has 0 unspecified atom stereocenters. The molecule has 56 heavy (non-hydrogen) atoms. The van der Waals surface area contributed by atoms with E-state index in [0.29, 0.717) is 53.8 Å². The van der Waals surface area contributed by atoms with Crippen LogP contribution in [0, 0.1) is 0 Å². The van der Waals surface area contributed by atoms with E-state index >= 15 is 0 Å². The molecule has 0 saturated carbocycles. The molecule has 0 atom stereocenters. The molecule has 0 aromatic heterocycles. The van der Waals surface area contributed by atoms with Crippen LogP contribution < -0.4 is 5.32 Å². The Kier molecular flexibility index (Phi) is 18.7. The summed E-state index contributed by atoms with van der Waals surface area (Å²) in [5, 5.41) is 3.28. The van der Waals surface area contributed by atoms with E-state index in [1.54, 1.807) is 0 Å². The summed E-state index contributed by atoms with van der Waals surface area (Å²) in [6.07, 6.45) is 0.422. The number of anilines is 1. The van der Waals surface area contributed by atoms with Gasteiger partial charge >= 0.3 is 0 Å². The number of benzene rings is 4. The zero-order chi connectivity index (χ0) is 41.1. The first-order chi connectivity index (χ1) is 25.9. The Morgan fingerprint density at radius 2 is 0.696 bits per heavy atom. The minimum atomic E-state index is 0. The molecule has 4 aromatic rings. The highest BCUT2D eigenvalue weighted by atomic mass is 16.1. The molecule has 3 N–H and O–H groups in total. The minimum absolute atomic E-state index is 0. The fourth-order valence-electron chi connectivity index (χ4n) is 7.36. The lowest BCUT2D eigenvalue weighted by molar-refractivity contribution is -0.115. The van der Waals surface area contributed by atoms with Crippen LogP contribution in [0.2, 0.25) is 0 Å². The second-order valence-corrected chi connectivity index (χ2v) is 17.6. The van der Waals surface area contributed by atoms with E-state index in [4.69, 9.17) is 9.98 Å². The van der Waals surface area contributed by atoms with Gasteiger partial charge in [-0.05, 0) is 97.4 Å². The largest absolute Gasteiger partial charge is 0.412 e. The van der Waals surface area contributed by atoms with E-state index in [2.05, 4.69) is 195 Å². The Labute approximate surface area is 340 Å². The molecule has 0 aliphatic rings. The average molecular weight is 760 g/mol. The summed E-state index contributed by atoms with van der Waals surface area (Å²) in [5.74, 6) is 3.26. The summed E-state index contributed by atoms with van der Waals surface area (Å²) in [6, 6.07) is 28.8. The van der Waals surface area contributed by atoms with Crippen molar-refractivity contribution in [2.24, 2.45) is 9.98 Å². The number of amides is 1. The molecule has 0 bridgehead atoms. The topological polar surface area (TPSA) is 85.3 Å². The fraction of sp³-hybridized carbons (Fsp3) is 0.490. The van der Waals surface area contributed by atoms with Gasteiger partial charge < -0.3 is 10.8 Å². The molecular formula is C51H73N3O2. The lowest BCUT2D eigenvalue weighted by Gasteiger charge is -2.22. The number of carbonyl (C=O) groups excluding carboxylic acids is 1. The lowest BCUT2D eigenvalue weighted by Crippen LogP contribution is -2.20. The summed E-state index contributed by atoms with van der Waals surface area (Å²) in [7, 11) is 0. The summed E-state index contributed by atoms with van der Waals surface area (Å²) in [4.78, 5) is 22.6. The van der Waals surface area contributed by atoms with E-state index < -0.39 is 0 Å². The number of hydrogen-bond acceptors (Lipinski definition) is 3. The van der Waals surface area contributed by atoms with Crippen LogP contribution in [0.25, 0.3) is 0 Å². The molecule has 0 spiro atoms. The predicted octanol–water partition coefficient (Wildman–Crippen LogP) is 14.9. The van der Waals surface area contributed by atoms with Crippen molar-refractivity contribution in [3.63, 3.8) is 0 Å². The number of carbonyl (C=O) groups is 1. The minimum Gasteiger partial charge on any atom is -0.412 e. The van der Waals surface area contributed by atoms with Crippen molar-refractivity contribution < 1.29 is 10.3 Å². The maximum atomic E-state index is 13.2. The van der Waals surface area contributed by atoms with Gasteiger partial charge in [-0.25, -0.2) is 0 Å². The monoisotopic (exact) mass is 760 g/mol. The van der Waals surface area contributed by atoms with Crippen LogP contribution in [0.5, 0.6) is 0 Å². The summed E-state index contributed by atoms with van der Waals surface area (Å²) in [6.45, 7) is 35.2. The first-order valence-electron chi connectivity index (χ1n) is 20.8. The van der Waals surface area contributed by atoms with Gasteiger partial charge in [0.25, 0.3) is 0 Å². The molecule has 0 aliphatic carbocycles. The van der Waals surface area contributed by atoms with Crippen molar-refractivity contribution in [2.45, 2.75) is 165 Å². The Morgan fingerprint density at radius 3 is 0.964 bits per heavy atom. The van der Waals surface area contributed by atoms with Crippen molar-refractivity contribution in [3.8, 4) is 0 Å². The molecule has 0 aliphatic heterocycles. The van der Waals surface area contributed by atoms with Gasteiger partial charge in [-0.15, -0.1) is 0 Å². The summed E-state index contributed by atoms with van der Waals surface area (Å²) < 4.78 is 0. The van der Waals surface area contributed by atoms with E-state index in [1.807, 2.05) is 0 Å². The first-order valence-corrected chi connectivity index (χ1v) is 20.8. The van der Waals surface area contributed by atoms with Gasteiger partial charge in [-0.1, -0.05) is 184 Å². The molecular weight excluding hydrogens is 687 g/mol. The second-order valence-electron chi connectivity index (χ2n) is 17.6. The predicted molar refractivity (Wildman–Crippen MR) is 244 cm³/mol. The van der Waals surface area contributed by atoms with Crippen molar-refractivity contribution >= 4 is 29.0 Å². The molecule has 4 rings (SSSR count). The molecule has 4 aromatic carbocycles. The van der Waals surface area contributed by atoms with Crippen molar-refractivity contribution in [1.82, 2.24) is 0 Å². The first kappa shape index (κ1) is 47.8. The number of rotatable bonds is 13. The average Bonchev–Trinajstić information content (AvgIpc) is 3.11. The Bertz CT molecular complexity index is 1700. The fourth-order valence-corrected chi connectivity index (χ4v) is 7.36. The lowest BCUT2D eigenvalue weighted by atomic mass is 9.87. The van der Waals surface area contributed by atoms with Gasteiger partial charge in [0.15, 0.2) is 0 Å². The van der Waals surface area contributed by atoms with E-state index in [-0.39, 0.29) is 11.4 Å². The van der Waals surface area contributed by atoms with Crippen molar-refractivity contribution in [3.05, 3.63) is 123 Å². The maximum absolute atomic E-state index is 13.2. The molecule has 304 valence electrons. The standard InChI is InChI=1S/C26H37NO.C25H34N2.H2O/c1-16(2)20-11-9-12-21(17(3)4)24(20)15-25(28)27-26-22(18(5)6)13-10-14-23(26)19(7)8;1-16(2)20-11-9-12-21(17(3)4)24(20)26-15-27-25-22(18(5)6)13-10-14-23(25)19(7)8;/h9-14,16-19H,15H2,1-8H3,(H,27,28);9-14,16-19H,1-8H3;1H2. The maximum Gasteiger partial charge on any atom is 0.228 e. The van der Waals surface area contributed by atoms with Gasteiger partial charge in [0.1, 0.15) is 6.01 Å². The molecule has 1 amide bonds. The van der Waals surface area contributed by atoms with E-state index in [9.17, 15) is 4.79 Å². The van der Waals surface area contributed by atoms with Gasteiger partial charge in [0.2, 0.25) is 5.91 Å². The van der Waals surface area contributed by atoms with E-state index in [0.717, 1.165) is 17.1 Å². The van der Waals surface area contributed by atoms with Crippen LogP contribution in [0.3, 0.4) is 0 Å². The van der Waals surface area contributed by atoms with Crippen LogP contribution in [0.1, 0.15) is 208 Å². The van der Waals surface area contributed by atoms with Gasteiger partial charge in [0, 0.05) is 5.69 Å². The van der Waals surface area contributed by atoms with Crippen molar-refractivity contribution in [2.75, 3.05) is 5.32 Å². The molecule has 5 heteroatoms. The Balaban J connectivity index is 0.000000380. The molecule has 0 saturated heterocycles. The highest BCUT2D eigenvalue weighted by Crippen LogP contribution is 2.37. The third-order valence-corrected chi connectivity index (χ3v) is 10.5. The number of nitrogens with one attached hydrogen (secondary N) is 1. The molecule has 0 fully saturated rings. The third-order valence-electron chi connectivity index (χ3n) is 10.5. The number of aliphatic imine (C=N–C) groups is 2. The van der Waals surface area contributed by atoms with Crippen LogP contribution in [0.15, 0.2) is 82.8 Å². The van der Waals surface area contributed by atoms with E-state index in [1.165, 1.54) is 50.1 Å². The van der Waals surface area contributed by atoms with Crippen LogP contribution in [0.4, 0.5) is 17.1 Å². The Hall–Kier alpha value is -4.31. The summed E-state index contributed by atoms with van der Waals surface area (Å²) >= 11 is 0. The summed E-state index contributed by atoms with van der Waals surface area (Å²) in [5.41, 5.74) is 14.2. The SMILES string of the molecule is CC(C)c1cccc(C(C)C)c1CC(=O)Nc1c(C(C)C)cccc1C(C)C.CC(C)c1cccc(C(C)C)c1N=C=Nc1c(C(C)C)cccc1C(C)C.O. The number of nitrogens with zero attached hydrogens (tertiary/aromatic N) is 2. The highest BCUT2D eigenvalue weighted by Gasteiger charge is 2.20. The van der Waals surface area contributed by atoms with Gasteiger partial charge in [-0.3, -0.25) is 4.79 Å². The Morgan fingerprint density at radius 1 is 0.446 bits per heavy atom. The molecule has 0 heterocycles. The van der Waals surface area contributed by atoms with Crippen molar-refractivity contribution in [1.29, 1.82) is 0 Å². The molecule has 5 nitrogen and oxygen atoms in total. The zero-order valence-corrected chi connectivity index (χ0v) is 37.6.